The monoisotopic (exact) mass is 752 g/mol. The van der Waals surface area contributed by atoms with Crippen LogP contribution in [-0.4, -0.2) is 82.3 Å². The number of hydrogen-bond acceptors (Lipinski definition) is 0. The van der Waals surface area contributed by atoms with E-state index in [9.17, 15) is 0 Å². The molecular formula is C29H65BSe2Si6. The molecule has 220 valence electrons. The molecule has 9 heteroatoms. The Morgan fingerprint density at radius 3 is 0.868 bits per heavy atom. The molecule has 1 aromatic rings. The van der Waals surface area contributed by atoms with Crippen molar-refractivity contribution in [2.75, 3.05) is 0 Å². The van der Waals surface area contributed by atoms with Gasteiger partial charge in [-0.05, 0) is 0 Å². The second-order valence-corrected chi connectivity index (χ2v) is 57.5. The zero-order chi connectivity index (χ0) is 30.4. The summed E-state index contributed by atoms with van der Waals surface area (Å²) in [6.45, 7) is 48.3. The molecule has 0 unspecified atom stereocenters. The second-order valence-electron chi connectivity index (χ2n) is 18.4. The van der Waals surface area contributed by atoms with Gasteiger partial charge in [-0.15, -0.1) is 0 Å². The predicted molar refractivity (Wildman–Crippen MR) is 203 cm³/mol. The van der Waals surface area contributed by atoms with Gasteiger partial charge in [0.1, 0.15) is 0 Å². The van der Waals surface area contributed by atoms with Crippen LogP contribution in [0.4, 0.5) is 0 Å². The average molecular weight is 751 g/mol. The first kappa shape index (κ1) is 37.7. The molecule has 0 nitrogen and oxygen atoms in total. The third kappa shape index (κ3) is 9.31. The van der Waals surface area contributed by atoms with E-state index in [4.69, 9.17) is 0 Å². The summed E-state index contributed by atoms with van der Waals surface area (Å²) in [6, 6.07) is 5.80. The molecule has 0 radical (unpaired) electrons. The summed E-state index contributed by atoms with van der Waals surface area (Å²) in [5.74, 6) is 5.10. The molecule has 0 bridgehead atoms. The van der Waals surface area contributed by atoms with Crippen LogP contribution in [0, 0.1) is 0 Å². The van der Waals surface area contributed by atoms with Crippen LogP contribution in [0.3, 0.4) is 0 Å². The van der Waals surface area contributed by atoms with Crippen LogP contribution in [0.15, 0.2) is 12.1 Å². The third-order valence-electron chi connectivity index (χ3n) is 8.08. The van der Waals surface area contributed by atoms with Gasteiger partial charge < -0.3 is 0 Å². The summed E-state index contributed by atoms with van der Waals surface area (Å²) in [5, 5.41) is 2.46. The van der Waals surface area contributed by atoms with Crippen molar-refractivity contribution in [1.29, 1.82) is 0 Å². The molecule has 1 rings (SSSR count). The first-order chi connectivity index (χ1) is 16.6. The summed E-state index contributed by atoms with van der Waals surface area (Å²) < 4.78 is 0.816. The third-order valence-corrected chi connectivity index (χ3v) is 43.0. The molecule has 0 saturated heterocycles. The molecule has 1 aromatic carbocycles. The van der Waals surface area contributed by atoms with E-state index in [1.54, 1.807) is 5.56 Å². The molecule has 0 spiro atoms. The maximum atomic E-state index is 2.90. The topological polar surface area (TPSA) is 0 Å². The van der Waals surface area contributed by atoms with Crippen molar-refractivity contribution in [2.45, 2.75) is 145 Å². The first-order valence-corrected chi connectivity index (χ1v) is 41.7. The Morgan fingerprint density at radius 1 is 0.447 bits per heavy atom. The quantitative estimate of drug-likeness (QED) is 0.187. The van der Waals surface area contributed by atoms with Gasteiger partial charge in [-0.25, -0.2) is 0 Å². The van der Waals surface area contributed by atoms with Crippen LogP contribution in [0.25, 0.3) is 0 Å². The normalized spacial score (nSPS) is 14.7. The van der Waals surface area contributed by atoms with Gasteiger partial charge in [-0.2, -0.15) is 0 Å². The molecule has 0 saturated carbocycles. The Kier molecular flexibility index (Phi) is 12.6. The summed E-state index contributed by atoms with van der Waals surface area (Å²) >= 11 is 1.31. The van der Waals surface area contributed by atoms with E-state index in [0.717, 1.165) is 19.8 Å². The Bertz CT molecular complexity index is 842. The molecule has 0 atom stereocenters. The molecule has 0 amide bonds. The van der Waals surface area contributed by atoms with Gasteiger partial charge in [-0.3, -0.25) is 0 Å². The van der Waals surface area contributed by atoms with Gasteiger partial charge in [0.05, 0.1) is 0 Å². The zero-order valence-corrected chi connectivity index (χ0v) is 38.7. The minimum absolute atomic E-state index is 0.656. The van der Waals surface area contributed by atoms with E-state index < -0.39 is 48.4 Å². The molecule has 0 aliphatic heterocycles. The zero-order valence-electron chi connectivity index (χ0n) is 29.3. The van der Waals surface area contributed by atoms with Crippen LogP contribution in [0.2, 0.25) is 129 Å². The van der Waals surface area contributed by atoms with Gasteiger partial charge in [0, 0.05) is 0 Å². The van der Waals surface area contributed by atoms with Crippen molar-refractivity contribution in [3.63, 3.8) is 0 Å². The summed E-state index contributed by atoms with van der Waals surface area (Å²) in [6.07, 6.45) is 0. The van der Waals surface area contributed by atoms with Crippen molar-refractivity contribution >= 4 is 87.8 Å². The van der Waals surface area contributed by atoms with Gasteiger partial charge in [0.25, 0.3) is 0 Å². The van der Waals surface area contributed by atoms with Crippen LogP contribution in [0.5, 0.6) is 0 Å². The van der Waals surface area contributed by atoms with Crippen LogP contribution in [0.1, 0.15) is 32.2 Å². The molecule has 38 heavy (non-hydrogen) atoms. The number of hydrogen-bond donors (Lipinski definition) is 0. The fourth-order valence-electron chi connectivity index (χ4n) is 8.73. The molecular weight excluding hydrogens is 686 g/mol. The standard InChI is InChI=1S/C29H65BSe2Si6/c1-31-30(32-2)26-24(28(35(9,10)11)36(12,13)14)21-23(27(33(3,4)5)34(6,7)8)22-25(26)29(37(15,16)17)38(18,19)20/h21-22,27-29H,1-20H3. The minimum atomic E-state index is -1.44. The predicted octanol–water partition coefficient (Wildman–Crippen LogP) is 9.40. The van der Waals surface area contributed by atoms with Crippen LogP contribution >= 0.6 is 0 Å². The van der Waals surface area contributed by atoms with E-state index in [1.807, 2.05) is 16.6 Å². The Labute approximate surface area is 259 Å². The second kappa shape index (κ2) is 12.7. The average Bonchev–Trinajstić information content (AvgIpc) is 2.57. The first-order valence-electron chi connectivity index (χ1n) is 14.8. The summed E-state index contributed by atoms with van der Waals surface area (Å²) in [7, 11) is -8.59. The Morgan fingerprint density at radius 2 is 0.684 bits per heavy atom. The van der Waals surface area contributed by atoms with Crippen LogP contribution < -0.4 is 5.46 Å². The molecule has 0 aliphatic rings. The van der Waals surface area contributed by atoms with E-state index in [-0.39, 0.29) is 0 Å². The fraction of sp³-hybridized carbons (Fsp3) is 0.793. The van der Waals surface area contributed by atoms with Crippen LogP contribution in [-0.2, 0) is 0 Å². The SMILES string of the molecule is C[Se]B([Se]C)c1c(C([Si](C)(C)C)[Si](C)(C)C)cc(C([Si](C)(C)C)[Si](C)(C)C)cc1C([Si](C)(C)C)[Si](C)(C)C. The van der Waals surface area contributed by atoms with Crippen molar-refractivity contribution in [3.8, 4) is 0 Å². The van der Waals surface area contributed by atoms with E-state index >= 15 is 0 Å². The number of benzene rings is 1. The van der Waals surface area contributed by atoms with Crippen molar-refractivity contribution in [1.82, 2.24) is 0 Å². The van der Waals surface area contributed by atoms with Crippen molar-refractivity contribution in [2.24, 2.45) is 0 Å². The molecule has 0 fully saturated rings. The Hall–Kier alpha value is 1.63. The molecule has 0 heterocycles. The van der Waals surface area contributed by atoms with Gasteiger partial charge in [0.15, 0.2) is 0 Å². The molecule has 0 N–H and O–H groups in total. The van der Waals surface area contributed by atoms with E-state index in [0.29, 0.717) is 29.6 Å². The van der Waals surface area contributed by atoms with Gasteiger partial charge in [-0.1, -0.05) is 0 Å². The van der Waals surface area contributed by atoms with E-state index in [2.05, 4.69) is 142 Å². The molecule has 0 aromatic heterocycles. The number of rotatable bonds is 12. The Balaban J connectivity index is 4.64. The van der Waals surface area contributed by atoms with Gasteiger partial charge in [0.2, 0.25) is 0 Å². The van der Waals surface area contributed by atoms with Crippen molar-refractivity contribution in [3.05, 3.63) is 28.8 Å². The summed E-state index contributed by atoms with van der Waals surface area (Å²) in [5.41, 5.74) is 7.46. The van der Waals surface area contributed by atoms with E-state index in [1.165, 1.54) is 0 Å². The summed E-state index contributed by atoms with van der Waals surface area (Å²) in [4.78, 5) is 0. The fourth-order valence-corrected chi connectivity index (χ4v) is 51.6. The maximum absolute atomic E-state index is 2.90. The van der Waals surface area contributed by atoms with Crippen molar-refractivity contribution < 1.29 is 0 Å². The molecule has 0 aliphatic carbocycles. The van der Waals surface area contributed by atoms with Gasteiger partial charge >= 0.3 is 262 Å².